The first-order valence-corrected chi connectivity index (χ1v) is 8.18. The molecule has 1 saturated carbocycles. The Labute approximate surface area is 143 Å². The molecular formula is C17H18N6O2. The van der Waals surface area contributed by atoms with Crippen molar-refractivity contribution < 1.29 is 4.79 Å². The van der Waals surface area contributed by atoms with Gasteiger partial charge in [0.15, 0.2) is 0 Å². The predicted molar refractivity (Wildman–Crippen MR) is 92.9 cm³/mol. The second kappa shape index (κ2) is 6.04. The lowest BCUT2D eigenvalue weighted by Gasteiger charge is -2.05. The van der Waals surface area contributed by atoms with Crippen LogP contribution in [0.4, 0.5) is 11.5 Å². The van der Waals surface area contributed by atoms with Crippen LogP contribution in [0.3, 0.4) is 0 Å². The van der Waals surface area contributed by atoms with Crippen LogP contribution in [0.2, 0.25) is 0 Å². The summed E-state index contributed by atoms with van der Waals surface area (Å²) < 4.78 is 2.46. The van der Waals surface area contributed by atoms with Crippen molar-refractivity contribution in [3.63, 3.8) is 0 Å². The summed E-state index contributed by atoms with van der Waals surface area (Å²) in [7, 11) is 0. The number of rotatable bonds is 5. The van der Waals surface area contributed by atoms with Gasteiger partial charge in [0, 0.05) is 17.9 Å². The highest BCUT2D eigenvalue weighted by Crippen LogP contribution is 2.18. The molecule has 1 fully saturated rings. The number of aromatic nitrogens is 4. The number of hydrogen-bond acceptors (Lipinski definition) is 5. The average molecular weight is 338 g/mol. The Morgan fingerprint density at radius 3 is 2.72 bits per heavy atom. The van der Waals surface area contributed by atoms with Gasteiger partial charge in [-0.05, 0) is 38.0 Å². The number of anilines is 2. The number of nitrogens with one attached hydrogen (secondary N) is 2. The fourth-order valence-electron chi connectivity index (χ4n) is 2.50. The molecule has 1 amide bonds. The van der Waals surface area contributed by atoms with Crippen molar-refractivity contribution in [3.8, 4) is 0 Å². The van der Waals surface area contributed by atoms with E-state index in [4.69, 9.17) is 0 Å². The normalized spacial score (nSPS) is 13.8. The molecule has 0 spiro atoms. The minimum Gasteiger partial charge on any atom is -0.352 e. The van der Waals surface area contributed by atoms with E-state index in [1.165, 1.54) is 9.96 Å². The third-order valence-corrected chi connectivity index (χ3v) is 4.01. The van der Waals surface area contributed by atoms with Crippen LogP contribution in [-0.2, 0) is 11.3 Å². The maximum atomic E-state index is 12.3. The van der Waals surface area contributed by atoms with Gasteiger partial charge in [0.05, 0.1) is 0 Å². The van der Waals surface area contributed by atoms with Gasteiger partial charge in [-0.15, -0.1) is 5.10 Å². The third kappa shape index (κ3) is 3.37. The van der Waals surface area contributed by atoms with E-state index in [9.17, 15) is 9.59 Å². The van der Waals surface area contributed by atoms with Crippen LogP contribution in [0.1, 0.15) is 18.4 Å². The number of nitrogens with zero attached hydrogens (tertiary/aromatic N) is 4. The topological polar surface area (TPSA) is 93.3 Å². The van der Waals surface area contributed by atoms with Crippen LogP contribution in [0.5, 0.6) is 0 Å². The first-order chi connectivity index (χ1) is 12.1. The highest BCUT2D eigenvalue weighted by molar-refractivity contribution is 5.76. The van der Waals surface area contributed by atoms with Gasteiger partial charge >= 0.3 is 5.69 Å². The fraction of sp³-hybridized carbons (Fsp3) is 0.294. The van der Waals surface area contributed by atoms with E-state index in [2.05, 4.69) is 20.7 Å². The minimum absolute atomic E-state index is 0.0978. The van der Waals surface area contributed by atoms with Gasteiger partial charge in [-0.25, -0.2) is 13.9 Å². The fourth-order valence-corrected chi connectivity index (χ4v) is 2.50. The monoisotopic (exact) mass is 338 g/mol. The first kappa shape index (κ1) is 15.4. The van der Waals surface area contributed by atoms with Crippen molar-refractivity contribution in [3.05, 3.63) is 52.6 Å². The number of benzene rings is 1. The maximum Gasteiger partial charge on any atom is 0.352 e. The van der Waals surface area contributed by atoms with Crippen molar-refractivity contribution >= 4 is 23.2 Å². The van der Waals surface area contributed by atoms with Crippen molar-refractivity contribution in [2.75, 3.05) is 5.32 Å². The van der Waals surface area contributed by atoms with E-state index in [-0.39, 0.29) is 30.0 Å². The van der Waals surface area contributed by atoms with Gasteiger partial charge in [0.1, 0.15) is 12.4 Å². The molecule has 2 heterocycles. The van der Waals surface area contributed by atoms with E-state index < -0.39 is 0 Å². The molecule has 0 unspecified atom stereocenters. The zero-order valence-electron chi connectivity index (χ0n) is 13.8. The van der Waals surface area contributed by atoms with Crippen LogP contribution < -0.4 is 16.3 Å². The Morgan fingerprint density at radius 2 is 2.00 bits per heavy atom. The number of carbonyl (C=O) groups is 1. The lowest BCUT2D eigenvalue weighted by molar-refractivity contribution is -0.122. The van der Waals surface area contributed by atoms with E-state index in [1.807, 2.05) is 31.2 Å². The van der Waals surface area contributed by atoms with Gasteiger partial charge in [0.25, 0.3) is 5.78 Å². The van der Waals surface area contributed by atoms with E-state index in [0.29, 0.717) is 5.82 Å². The summed E-state index contributed by atoms with van der Waals surface area (Å²) in [5, 5.41) is 10.2. The quantitative estimate of drug-likeness (QED) is 0.730. The molecule has 0 radical (unpaired) electrons. The number of amides is 1. The molecule has 2 aromatic heterocycles. The van der Waals surface area contributed by atoms with Gasteiger partial charge in [-0.2, -0.15) is 4.98 Å². The summed E-state index contributed by atoms with van der Waals surface area (Å²) >= 11 is 0. The zero-order chi connectivity index (χ0) is 17.4. The van der Waals surface area contributed by atoms with Crippen LogP contribution in [0, 0.1) is 6.92 Å². The van der Waals surface area contributed by atoms with E-state index in [0.717, 1.165) is 23.2 Å². The standard InChI is InChI=1S/C17H18N6O2/c1-11-2-4-12(5-3-11)18-14-8-9-22-16(20-14)21-23(17(22)25)10-15(24)19-13-6-7-13/h2-5,8-9,13H,6-7,10H2,1H3,(H,19,24)(H,18,20,21). The van der Waals surface area contributed by atoms with Crippen LogP contribution in [0.25, 0.3) is 5.78 Å². The third-order valence-electron chi connectivity index (χ3n) is 4.01. The second-order valence-electron chi connectivity index (χ2n) is 6.26. The Kier molecular flexibility index (Phi) is 3.72. The van der Waals surface area contributed by atoms with Gasteiger partial charge in [-0.3, -0.25) is 4.79 Å². The maximum absolute atomic E-state index is 12.3. The molecule has 1 aliphatic rings. The summed E-state index contributed by atoms with van der Waals surface area (Å²) in [6.07, 6.45) is 3.60. The number of hydrogen-bond donors (Lipinski definition) is 2. The molecule has 0 saturated heterocycles. The Bertz CT molecular complexity index is 985. The van der Waals surface area contributed by atoms with Crippen LogP contribution >= 0.6 is 0 Å². The Balaban J connectivity index is 1.56. The summed E-state index contributed by atoms with van der Waals surface area (Å²) in [6.45, 7) is 1.92. The van der Waals surface area contributed by atoms with Gasteiger partial charge in [0.2, 0.25) is 5.91 Å². The lowest BCUT2D eigenvalue weighted by atomic mass is 10.2. The summed E-state index contributed by atoms with van der Waals surface area (Å²) in [5.41, 5.74) is 1.69. The highest BCUT2D eigenvalue weighted by Gasteiger charge is 2.23. The van der Waals surface area contributed by atoms with Crippen LogP contribution in [0.15, 0.2) is 41.3 Å². The molecule has 1 aliphatic carbocycles. The first-order valence-electron chi connectivity index (χ1n) is 8.18. The number of aryl methyl sites for hydroxylation is 1. The van der Waals surface area contributed by atoms with Crippen molar-refractivity contribution in [1.82, 2.24) is 24.5 Å². The van der Waals surface area contributed by atoms with Crippen molar-refractivity contribution in [2.45, 2.75) is 32.4 Å². The molecule has 2 N–H and O–H groups in total. The zero-order valence-corrected chi connectivity index (χ0v) is 13.8. The average Bonchev–Trinajstić information content (AvgIpc) is 3.34. The molecular weight excluding hydrogens is 320 g/mol. The molecule has 8 nitrogen and oxygen atoms in total. The molecule has 4 rings (SSSR count). The molecule has 0 aliphatic heterocycles. The number of fused-ring (bicyclic) bond motifs is 1. The molecule has 0 bridgehead atoms. The molecule has 128 valence electrons. The van der Waals surface area contributed by atoms with Gasteiger partial charge in [-0.1, -0.05) is 17.7 Å². The largest absolute Gasteiger partial charge is 0.352 e. The molecule has 0 atom stereocenters. The van der Waals surface area contributed by atoms with Crippen molar-refractivity contribution in [1.29, 1.82) is 0 Å². The van der Waals surface area contributed by atoms with E-state index >= 15 is 0 Å². The van der Waals surface area contributed by atoms with Crippen LogP contribution in [-0.4, -0.2) is 31.1 Å². The lowest BCUT2D eigenvalue weighted by Crippen LogP contribution is -2.33. The SMILES string of the molecule is Cc1ccc(Nc2ccn3c(=O)n(CC(=O)NC4CC4)nc3n2)cc1. The number of carbonyl (C=O) groups excluding carboxylic acids is 1. The minimum atomic E-state index is -0.379. The molecule has 1 aromatic carbocycles. The summed E-state index contributed by atoms with van der Waals surface area (Å²) in [4.78, 5) is 28.5. The Morgan fingerprint density at radius 1 is 1.24 bits per heavy atom. The summed E-state index contributed by atoms with van der Waals surface area (Å²) in [5.74, 6) is 0.628. The van der Waals surface area contributed by atoms with Crippen molar-refractivity contribution in [2.24, 2.45) is 0 Å². The molecule has 8 heteroatoms. The smallest absolute Gasteiger partial charge is 0.352 e. The highest BCUT2D eigenvalue weighted by atomic mass is 16.2. The van der Waals surface area contributed by atoms with E-state index in [1.54, 1.807) is 12.3 Å². The van der Waals surface area contributed by atoms with Gasteiger partial charge < -0.3 is 10.6 Å². The molecule has 25 heavy (non-hydrogen) atoms. The Hall–Kier alpha value is -3.16. The summed E-state index contributed by atoms with van der Waals surface area (Å²) in [6, 6.07) is 9.85. The second-order valence-corrected chi connectivity index (χ2v) is 6.26. The predicted octanol–water partition coefficient (Wildman–Crippen LogP) is 1.22. The molecule has 3 aromatic rings.